The fourth-order valence-corrected chi connectivity index (χ4v) is 4.96. The number of anilines is 1. The predicted octanol–water partition coefficient (Wildman–Crippen LogP) is 5.15. The van der Waals surface area contributed by atoms with Gasteiger partial charge in [-0.3, -0.25) is 13.9 Å². The van der Waals surface area contributed by atoms with Gasteiger partial charge in [0.05, 0.1) is 11.9 Å². The number of hydrogen-bond donors (Lipinski definition) is 1. The quantitative estimate of drug-likeness (QED) is 0.423. The number of carbonyl (C=O) groups is 2. The molecule has 0 saturated heterocycles. The molecular formula is C25H31Cl2F2N3O4S. The Bertz CT molecular complexity index is 1250. The van der Waals surface area contributed by atoms with Gasteiger partial charge in [0, 0.05) is 41.2 Å². The average Bonchev–Trinajstić information content (AvgIpc) is 2.75. The van der Waals surface area contributed by atoms with Crippen molar-refractivity contribution in [3.63, 3.8) is 0 Å². The lowest BCUT2D eigenvalue weighted by molar-refractivity contribution is -0.141. The van der Waals surface area contributed by atoms with Crippen molar-refractivity contribution in [2.24, 2.45) is 0 Å². The summed E-state index contributed by atoms with van der Waals surface area (Å²) >= 11 is 12.3. The molecule has 0 unspecified atom stereocenters. The molecule has 0 heterocycles. The zero-order chi connectivity index (χ0) is 28.1. The Kier molecular flexibility index (Phi) is 10.3. The first-order valence-electron chi connectivity index (χ1n) is 11.5. The third-order valence-electron chi connectivity index (χ3n) is 5.36. The van der Waals surface area contributed by atoms with Gasteiger partial charge in [0.2, 0.25) is 21.8 Å². The Balaban J connectivity index is 2.24. The molecule has 1 N–H and O–H groups in total. The van der Waals surface area contributed by atoms with E-state index in [2.05, 4.69) is 5.32 Å². The number of rotatable bonds is 10. The molecular weight excluding hydrogens is 547 g/mol. The molecule has 0 aromatic heterocycles. The highest BCUT2D eigenvalue weighted by Crippen LogP contribution is 2.25. The molecule has 2 aromatic rings. The molecule has 0 fully saturated rings. The Morgan fingerprint density at radius 2 is 1.70 bits per heavy atom. The lowest BCUT2D eigenvalue weighted by Gasteiger charge is -2.32. The van der Waals surface area contributed by atoms with Gasteiger partial charge in [-0.05, 0) is 63.9 Å². The molecule has 12 heteroatoms. The van der Waals surface area contributed by atoms with Crippen LogP contribution in [0.3, 0.4) is 0 Å². The van der Waals surface area contributed by atoms with Gasteiger partial charge in [-0.2, -0.15) is 0 Å². The zero-order valence-corrected chi connectivity index (χ0v) is 23.6. The van der Waals surface area contributed by atoms with Gasteiger partial charge >= 0.3 is 0 Å². The molecule has 0 saturated carbocycles. The van der Waals surface area contributed by atoms with Crippen molar-refractivity contribution in [2.75, 3.05) is 17.1 Å². The average molecular weight is 579 g/mol. The van der Waals surface area contributed by atoms with Crippen LogP contribution in [0.2, 0.25) is 10.0 Å². The number of hydrogen-bond acceptors (Lipinski definition) is 4. The molecule has 2 rings (SSSR count). The summed E-state index contributed by atoms with van der Waals surface area (Å²) in [6.45, 7) is 6.90. The number of carbonyl (C=O) groups excluding carboxylic acids is 2. The molecule has 2 amide bonds. The van der Waals surface area contributed by atoms with Crippen LogP contribution in [0, 0.1) is 11.6 Å². The summed E-state index contributed by atoms with van der Waals surface area (Å²) in [5.41, 5.74) is -0.00997. The van der Waals surface area contributed by atoms with Gasteiger partial charge in [-0.15, -0.1) is 0 Å². The van der Waals surface area contributed by atoms with E-state index in [0.29, 0.717) is 15.6 Å². The van der Waals surface area contributed by atoms with Crippen LogP contribution in [0.15, 0.2) is 36.4 Å². The van der Waals surface area contributed by atoms with Crippen molar-refractivity contribution in [3.05, 3.63) is 63.6 Å². The van der Waals surface area contributed by atoms with E-state index >= 15 is 0 Å². The second kappa shape index (κ2) is 12.4. The molecule has 37 heavy (non-hydrogen) atoms. The Morgan fingerprint density at radius 3 is 2.24 bits per heavy atom. The van der Waals surface area contributed by atoms with Crippen LogP contribution in [-0.4, -0.2) is 49.5 Å². The molecule has 0 bridgehead atoms. The van der Waals surface area contributed by atoms with Gasteiger partial charge < -0.3 is 10.2 Å². The number of nitrogens with one attached hydrogen (secondary N) is 1. The first-order chi connectivity index (χ1) is 17.0. The van der Waals surface area contributed by atoms with Gasteiger partial charge in [0.1, 0.15) is 6.04 Å². The fraction of sp³-hybridized carbons (Fsp3) is 0.440. The van der Waals surface area contributed by atoms with Crippen LogP contribution in [0.25, 0.3) is 0 Å². The topological polar surface area (TPSA) is 86.8 Å². The van der Waals surface area contributed by atoms with E-state index in [4.69, 9.17) is 23.2 Å². The van der Waals surface area contributed by atoms with Crippen molar-refractivity contribution in [3.8, 4) is 0 Å². The van der Waals surface area contributed by atoms with E-state index in [1.807, 2.05) is 20.8 Å². The molecule has 0 spiro atoms. The predicted molar refractivity (Wildman–Crippen MR) is 142 cm³/mol. The summed E-state index contributed by atoms with van der Waals surface area (Å²) < 4.78 is 52.6. The molecule has 7 nitrogen and oxygen atoms in total. The smallest absolute Gasteiger partial charge is 0.242 e. The number of halogens is 4. The molecule has 204 valence electrons. The van der Waals surface area contributed by atoms with Crippen LogP contribution in [0.5, 0.6) is 0 Å². The molecule has 2 aromatic carbocycles. The summed E-state index contributed by atoms with van der Waals surface area (Å²) in [6, 6.07) is 6.72. The normalized spacial score (nSPS) is 12.7. The first kappa shape index (κ1) is 30.8. The summed E-state index contributed by atoms with van der Waals surface area (Å²) in [6.07, 6.45) is 0.876. The third-order valence-corrected chi connectivity index (χ3v) is 7.15. The molecule has 0 aliphatic rings. The maximum Gasteiger partial charge on any atom is 0.242 e. The van der Waals surface area contributed by atoms with E-state index in [0.717, 1.165) is 28.8 Å². The zero-order valence-electron chi connectivity index (χ0n) is 21.3. The molecule has 0 radical (unpaired) electrons. The minimum atomic E-state index is -3.85. The van der Waals surface area contributed by atoms with Gasteiger partial charge in [-0.25, -0.2) is 17.2 Å². The van der Waals surface area contributed by atoms with E-state index in [-0.39, 0.29) is 37.5 Å². The summed E-state index contributed by atoms with van der Waals surface area (Å²) in [5.74, 6) is -3.08. The lowest BCUT2D eigenvalue weighted by atomic mass is 10.1. The van der Waals surface area contributed by atoms with E-state index < -0.39 is 39.1 Å². The summed E-state index contributed by atoms with van der Waals surface area (Å²) in [4.78, 5) is 27.5. The Hall–Kier alpha value is -2.43. The van der Waals surface area contributed by atoms with Crippen LogP contribution in [0.4, 0.5) is 14.5 Å². The monoisotopic (exact) mass is 577 g/mol. The van der Waals surface area contributed by atoms with Crippen LogP contribution >= 0.6 is 23.2 Å². The lowest BCUT2D eigenvalue weighted by Crippen LogP contribution is -2.52. The second-order valence-electron chi connectivity index (χ2n) is 9.71. The highest BCUT2D eigenvalue weighted by Gasteiger charge is 2.29. The largest absolute Gasteiger partial charge is 0.350 e. The molecule has 1 atom stereocenters. The Labute approximate surface area is 226 Å². The number of amides is 2. The minimum absolute atomic E-state index is 0.0204. The number of nitrogens with zero attached hydrogens (tertiary/aromatic N) is 2. The van der Waals surface area contributed by atoms with Crippen molar-refractivity contribution in [1.29, 1.82) is 0 Å². The van der Waals surface area contributed by atoms with E-state index in [1.165, 1.54) is 11.0 Å². The minimum Gasteiger partial charge on any atom is -0.350 e. The third kappa shape index (κ3) is 9.12. The van der Waals surface area contributed by atoms with Crippen molar-refractivity contribution < 1.29 is 26.8 Å². The number of sulfonamides is 1. The first-order valence-corrected chi connectivity index (χ1v) is 14.1. The van der Waals surface area contributed by atoms with Crippen LogP contribution in [-0.2, 0) is 26.2 Å². The highest BCUT2D eigenvalue weighted by atomic mass is 35.5. The van der Waals surface area contributed by atoms with Crippen molar-refractivity contribution >= 4 is 50.7 Å². The van der Waals surface area contributed by atoms with E-state index in [1.54, 1.807) is 19.1 Å². The maximum atomic E-state index is 13.7. The molecule has 0 aliphatic heterocycles. The molecule has 0 aliphatic carbocycles. The Morgan fingerprint density at radius 1 is 1.05 bits per heavy atom. The van der Waals surface area contributed by atoms with Gasteiger partial charge in [0.15, 0.2) is 11.6 Å². The van der Waals surface area contributed by atoms with Gasteiger partial charge in [0.25, 0.3) is 0 Å². The summed E-state index contributed by atoms with van der Waals surface area (Å²) in [5, 5.41) is 3.60. The summed E-state index contributed by atoms with van der Waals surface area (Å²) in [7, 11) is -3.85. The fourth-order valence-electron chi connectivity index (χ4n) is 3.53. The maximum absolute atomic E-state index is 13.7. The van der Waals surface area contributed by atoms with Crippen molar-refractivity contribution in [2.45, 2.75) is 58.7 Å². The van der Waals surface area contributed by atoms with Crippen molar-refractivity contribution in [1.82, 2.24) is 10.2 Å². The SMILES string of the molecule is C[C@H](C(=O)NC(C)(C)C)N(Cc1ccc(Cl)cc1Cl)C(=O)CCCN(c1ccc(F)c(F)c1)S(C)(=O)=O. The van der Waals surface area contributed by atoms with E-state index in [9.17, 15) is 26.8 Å². The van der Waals surface area contributed by atoms with Gasteiger partial charge in [-0.1, -0.05) is 29.3 Å². The van der Waals surface area contributed by atoms with Crippen LogP contribution in [0.1, 0.15) is 46.1 Å². The van der Waals surface area contributed by atoms with Crippen LogP contribution < -0.4 is 9.62 Å². The number of benzene rings is 2. The standard InChI is InChI=1S/C25H31Cl2F2N3O4S/c1-16(24(34)30-25(2,3)4)31(15-17-8-9-18(26)13-20(17)27)23(33)7-6-12-32(37(5,35)36)19-10-11-21(28)22(29)14-19/h8-11,13-14,16H,6-7,12,15H2,1-5H3,(H,30,34)/t16-/m1/s1. The second-order valence-corrected chi connectivity index (χ2v) is 12.5. The highest BCUT2D eigenvalue weighted by molar-refractivity contribution is 7.92.